The molecule has 1 saturated carbocycles. The minimum absolute atomic E-state index is 0.0603. The summed E-state index contributed by atoms with van der Waals surface area (Å²) in [5.41, 5.74) is 9.07. The average molecular weight is 510 g/mol. The fraction of sp³-hybridized carbons (Fsp3) is 0.385. The average Bonchev–Trinajstić information content (AvgIpc) is 2.80. The summed E-state index contributed by atoms with van der Waals surface area (Å²) in [5.74, 6) is 0.899. The molecule has 1 aromatic heterocycles. The molecule has 1 aliphatic rings. The second-order valence-electron chi connectivity index (χ2n) is 9.06. The molecule has 174 valence electrons. The van der Waals surface area contributed by atoms with Gasteiger partial charge in [0.2, 0.25) is 0 Å². The number of nitrogens with two attached hydrogens (primary N) is 1. The van der Waals surface area contributed by atoms with Gasteiger partial charge in [0.1, 0.15) is 5.82 Å². The lowest BCUT2D eigenvalue weighted by molar-refractivity contribution is 0.133. The number of rotatable bonds is 6. The second-order valence-corrected chi connectivity index (χ2v) is 9.98. The van der Waals surface area contributed by atoms with Gasteiger partial charge < -0.3 is 20.9 Å². The highest BCUT2D eigenvalue weighted by atomic mass is 79.9. The summed E-state index contributed by atoms with van der Waals surface area (Å²) in [6, 6.07) is 18.5. The molecule has 0 spiro atoms. The van der Waals surface area contributed by atoms with Crippen molar-refractivity contribution in [3.8, 4) is 0 Å². The smallest absolute Gasteiger partial charge is 0.315 e. The first-order valence-corrected chi connectivity index (χ1v) is 12.3. The Morgan fingerprint density at radius 1 is 1.09 bits per heavy atom. The number of para-hydroxylation sites is 1. The first-order chi connectivity index (χ1) is 15.8. The van der Waals surface area contributed by atoms with Crippen LogP contribution in [0.1, 0.15) is 44.2 Å². The number of nitrogens with zero attached hydrogens (tertiary/aromatic N) is 3. The summed E-state index contributed by atoms with van der Waals surface area (Å²) in [7, 11) is 4.11. The van der Waals surface area contributed by atoms with Gasteiger partial charge in [0.25, 0.3) is 0 Å². The quantitative estimate of drug-likeness (QED) is 0.431. The molecule has 1 heterocycles. The van der Waals surface area contributed by atoms with Crippen molar-refractivity contribution in [2.45, 2.75) is 50.7 Å². The van der Waals surface area contributed by atoms with Crippen LogP contribution in [-0.4, -0.2) is 42.1 Å². The lowest BCUT2D eigenvalue weighted by Gasteiger charge is -2.40. The van der Waals surface area contributed by atoms with E-state index in [1.807, 2.05) is 41.3 Å². The van der Waals surface area contributed by atoms with Crippen molar-refractivity contribution < 1.29 is 4.79 Å². The molecular formula is C26H32BrN5O. The molecule has 1 unspecified atom stereocenters. The normalized spacial score (nSPS) is 19.2. The standard InChI is InChI=1S/C26H32BrN5O/c1-17(18-8-10-19(27)11-9-18)32(26(28)33)21-14-12-20(13-15-21)29-25-16-24(31(2)3)22-6-4-5-7-23(22)30-25/h4-11,16-17,20-21H,12-15H2,1-3H3,(H2,28,33)(H,29,30). The van der Waals surface area contributed by atoms with Crippen molar-refractivity contribution >= 4 is 44.4 Å². The topological polar surface area (TPSA) is 74.5 Å². The molecule has 0 saturated heterocycles. The number of primary amides is 1. The molecular weight excluding hydrogens is 478 g/mol. The van der Waals surface area contributed by atoms with E-state index in [4.69, 9.17) is 10.7 Å². The third-order valence-electron chi connectivity index (χ3n) is 6.64. The van der Waals surface area contributed by atoms with E-state index in [2.05, 4.69) is 65.4 Å². The van der Waals surface area contributed by atoms with Crippen molar-refractivity contribution in [3.63, 3.8) is 0 Å². The number of carbonyl (C=O) groups excluding carboxylic acids is 1. The molecule has 3 N–H and O–H groups in total. The van der Waals surface area contributed by atoms with E-state index in [-0.39, 0.29) is 18.1 Å². The minimum Gasteiger partial charge on any atom is -0.377 e. The summed E-state index contributed by atoms with van der Waals surface area (Å²) in [6.45, 7) is 2.06. The van der Waals surface area contributed by atoms with E-state index in [0.29, 0.717) is 6.04 Å². The zero-order chi connectivity index (χ0) is 23.5. The lowest BCUT2D eigenvalue weighted by Crippen LogP contribution is -2.47. The number of hydrogen-bond acceptors (Lipinski definition) is 4. The molecule has 4 rings (SSSR count). The molecule has 1 atom stereocenters. The number of halogens is 1. The third kappa shape index (κ3) is 5.24. The molecule has 1 aliphatic carbocycles. The third-order valence-corrected chi connectivity index (χ3v) is 7.17. The Morgan fingerprint density at radius 3 is 2.39 bits per heavy atom. The maximum Gasteiger partial charge on any atom is 0.315 e. The van der Waals surface area contributed by atoms with E-state index >= 15 is 0 Å². The second kappa shape index (κ2) is 10.00. The van der Waals surface area contributed by atoms with E-state index in [1.54, 1.807) is 0 Å². The van der Waals surface area contributed by atoms with Crippen LogP contribution < -0.4 is 16.0 Å². The first-order valence-electron chi connectivity index (χ1n) is 11.5. The summed E-state index contributed by atoms with van der Waals surface area (Å²) in [4.78, 5) is 21.2. The van der Waals surface area contributed by atoms with Crippen LogP contribution in [-0.2, 0) is 0 Å². The van der Waals surface area contributed by atoms with Crippen molar-refractivity contribution in [1.82, 2.24) is 9.88 Å². The van der Waals surface area contributed by atoms with Crippen molar-refractivity contribution in [2.24, 2.45) is 5.73 Å². The van der Waals surface area contributed by atoms with Gasteiger partial charge in [-0.1, -0.05) is 46.3 Å². The number of fused-ring (bicyclic) bond motifs is 1. The fourth-order valence-corrected chi connectivity index (χ4v) is 5.16. The summed E-state index contributed by atoms with van der Waals surface area (Å²) in [5, 5.41) is 4.80. The van der Waals surface area contributed by atoms with Gasteiger partial charge in [-0.2, -0.15) is 0 Å². The van der Waals surface area contributed by atoms with Gasteiger partial charge in [-0.15, -0.1) is 0 Å². The highest BCUT2D eigenvalue weighted by Crippen LogP contribution is 2.33. The number of urea groups is 1. The molecule has 6 nitrogen and oxygen atoms in total. The zero-order valence-electron chi connectivity index (χ0n) is 19.5. The number of hydrogen-bond donors (Lipinski definition) is 2. The highest BCUT2D eigenvalue weighted by Gasteiger charge is 2.31. The maximum absolute atomic E-state index is 12.4. The van der Waals surface area contributed by atoms with Gasteiger partial charge in [0.05, 0.1) is 11.6 Å². The minimum atomic E-state index is -0.353. The van der Waals surface area contributed by atoms with Crippen LogP contribution in [0.25, 0.3) is 10.9 Å². The monoisotopic (exact) mass is 509 g/mol. The number of pyridine rings is 1. The van der Waals surface area contributed by atoms with Crippen molar-refractivity contribution in [2.75, 3.05) is 24.3 Å². The maximum atomic E-state index is 12.4. The van der Waals surface area contributed by atoms with Crippen LogP contribution in [0.3, 0.4) is 0 Å². The predicted octanol–water partition coefficient (Wildman–Crippen LogP) is 5.93. The number of benzene rings is 2. The predicted molar refractivity (Wildman–Crippen MR) is 140 cm³/mol. The Balaban J connectivity index is 1.45. The molecule has 7 heteroatoms. The SMILES string of the molecule is CC(c1ccc(Br)cc1)N(C(N)=O)C1CCC(Nc2cc(N(C)C)c3ccccc3n2)CC1. The van der Waals surface area contributed by atoms with E-state index in [0.717, 1.165) is 58.1 Å². The lowest BCUT2D eigenvalue weighted by atomic mass is 9.89. The molecule has 0 radical (unpaired) electrons. The van der Waals surface area contributed by atoms with Crippen LogP contribution in [0, 0.1) is 0 Å². The molecule has 0 aliphatic heterocycles. The number of anilines is 2. The van der Waals surface area contributed by atoms with Gasteiger partial charge in [0, 0.05) is 47.8 Å². The van der Waals surface area contributed by atoms with Gasteiger partial charge in [0.15, 0.2) is 0 Å². The van der Waals surface area contributed by atoms with E-state index < -0.39 is 0 Å². The van der Waals surface area contributed by atoms with Crippen LogP contribution in [0.15, 0.2) is 59.1 Å². The Kier molecular flexibility index (Phi) is 7.08. The number of carbonyl (C=O) groups is 1. The van der Waals surface area contributed by atoms with Crippen LogP contribution in [0.2, 0.25) is 0 Å². The van der Waals surface area contributed by atoms with Crippen LogP contribution >= 0.6 is 15.9 Å². The Labute approximate surface area is 204 Å². The molecule has 2 aromatic carbocycles. The highest BCUT2D eigenvalue weighted by molar-refractivity contribution is 9.10. The van der Waals surface area contributed by atoms with Gasteiger partial charge in [-0.05, 0) is 56.4 Å². The van der Waals surface area contributed by atoms with E-state index in [9.17, 15) is 4.79 Å². The molecule has 2 amide bonds. The van der Waals surface area contributed by atoms with Gasteiger partial charge in [-0.25, -0.2) is 9.78 Å². The fourth-order valence-electron chi connectivity index (χ4n) is 4.90. The molecule has 0 bridgehead atoms. The molecule has 33 heavy (non-hydrogen) atoms. The largest absolute Gasteiger partial charge is 0.377 e. The first kappa shape index (κ1) is 23.4. The Bertz CT molecular complexity index is 1110. The van der Waals surface area contributed by atoms with Gasteiger partial charge >= 0.3 is 6.03 Å². The zero-order valence-corrected chi connectivity index (χ0v) is 21.0. The van der Waals surface area contributed by atoms with Gasteiger partial charge in [-0.3, -0.25) is 0 Å². The molecule has 1 fully saturated rings. The molecule has 3 aromatic rings. The number of amides is 2. The van der Waals surface area contributed by atoms with Crippen molar-refractivity contribution in [1.29, 1.82) is 0 Å². The van der Waals surface area contributed by atoms with Crippen molar-refractivity contribution in [3.05, 3.63) is 64.6 Å². The Hall–Kier alpha value is -2.80. The summed E-state index contributed by atoms with van der Waals surface area (Å²) in [6.07, 6.45) is 3.76. The Morgan fingerprint density at radius 2 is 1.76 bits per heavy atom. The number of aromatic nitrogens is 1. The summed E-state index contributed by atoms with van der Waals surface area (Å²) < 4.78 is 1.02. The van der Waals surface area contributed by atoms with Crippen LogP contribution in [0.4, 0.5) is 16.3 Å². The number of nitrogens with one attached hydrogen (secondary N) is 1. The van der Waals surface area contributed by atoms with E-state index in [1.165, 1.54) is 0 Å². The summed E-state index contributed by atoms with van der Waals surface area (Å²) >= 11 is 3.48. The van der Waals surface area contributed by atoms with Crippen LogP contribution in [0.5, 0.6) is 0 Å².